The Morgan fingerprint density at radius 3 is 2.77 bits per heavy atom. The van der Waals surface area contributed by atoms with E-state index in [1.54, 1.807) is 6.20 Å². The molecule has 138 valence electrons. The third-order valence-corrected chi connectivity index (χ3v) is 4.85. The van der Waals surface area contributed by atoms with Crippen molar-refractivity contribution in [1.29, 1.82) is 0 Å². The Bertz CT molecular complexity index is 697. The van der Waals surface area contributed by atoms with Crippen LogP contribution >= 0.6 is 0 Å². The van der Waals surface area contributed by atoms with Gasteiger partial charge in [0.2, 0.25) is 0 Å². The summed E-state index contributed by atoms with van der Waals surface area (Å²) in [5.74, 6) is 1.47. The summed E-state index contributed by atoms with van der Waals surface area (Å²) < 4.78 is 5.62. The fourth-order valence-electron chi connectivity index (χ4n) is 3.42. The molecule has 0 saturated carbocycles. The number of urea groups is 1. The Labute approximate surface area is 155 Å². The van der Waals surface area contributed by atoms with E-state index in [1.807, 2.05) is 48.4 Å². The number of hydrogen-bond acceptors (Lipinski definition) is 3. The van der Waals surface area contributed by atoms with Gasteiger partial charge in [0, 0.05) is 37.6 Å². The smallest absolute Gasteiger partial charge is 0.317 e. The number of nitrogens with one attached hydrogen (secondary N) is 1. The zero-order valence-electron chi connectivity index (χ0n) is 15.4. The summed E-state index contributed by atoms with van der Waals surface area (Å²) in [6, 6.07) is 12.0. The molecule has 1 aromatic heterocycles. The van der Waals surface area contributed by atoms with Gasteiger partial charge in [0.15, 0.2) is 0 Å². The minimum absolute atomic E-state index is 0.0103. The number of piperidine rings is 1. The van der Waals surface area contributed by atoms with Crippen LogP contribution in [0.15, 0.2) is 48.8 Å². The fraction of sp³-hybridized carbons (Fsp3) is 0.429. The molecule has 2 amide bonds. The molecule has 5 heteroatoms. The van der Waals surface area contributed by atoms with E-state index in [9.17, 15) is 4.79 Å². The Balaban J connectivity index is 1.45. The maximum Gasteiger partial charge on any atom is 0.317 e. The SMILES string of the molecule is CCOc1ccccc1CNC(=O)N1CCC(Cc2cccnc2)CC1. The van der Waals surface area contributed by atoms with Crippen LogP contribution in [-0.4, -0.2) is 35.6 Å². The Morgan fingerprint density at radius 1 is 1.23 bits per heavy atom. The first kappa shape index (κ1) is 18.2. The maximum atomic E-state index is 12.5. The van der Waals surface area contributed by atoms with Crippen molar-refractivity contribution in [2.24, 2.45) is 5.92 Å². The van der Waals surface area contributed by atoms with Crippen LogP contribution in [0.5, 0.6) is 5.75 Å². The normalized spacial score (nSPS) is 14.9. The minimum atomic E-state index is 0.0103. The molecule has 1 N–H and O–H groups in total. The first-order valence-electron chi connectivity index (χ1n) is 9.38. The first-order chi connectivity index (χ1) is 12.8. The molecular formula is C21H27N3O2. The number of amides is 2. The second-order valence-corrected chi connectivity index (χ2v) is 6.70. The molecule has 26 heavy (non-hydrogen) atoms. The average molecular weight is 353 g/mol. The van der Waals surface area contributed by atoms with Crippen LogP contribution in [0.2, 0.25) is 0 Å². The lowest BCUT2D eigenvalue weighted by Gasteiger charge is -2.32. The molecule has 0 aliphatic carbocycles. The van der Waals surface area contributed by atoms with E-state index in [0.717, 1.165) is 43.7 Å². The second kappa shape index (κ2) is 9.22. The summed E-state index contributed by atoms with van der Waals surface area (Å²) in [6.45, 7) is 4.69. The van der Waals surface area contributed by atoms with E-state index in [0.29, 0.717) is 19.1 Å². The lowest BCUT2D eigenvalue weighted by Crippen LogP contribution is -2.44. The highest BCUT2D eigenvalue weighted by Gasteiger charge is 2.23. The van der Waals surface area contributed by atoms with Crippen LogP contribution in [0.3, 0.4) is 0 Å². The van der Waals surface area contributed by atoms with Crippen molar-refractivity contribution in [3.05, 3.63) is 59.9 Å². The van der Waals surface area contributed by atoms with Gasteiger partial charge in [0.25, 0.3) is 0 Å². The van der Waals surface area contributed by atoms with E-state index in [2.05, 4.69) is 16.4 Å². The molecule has 0 spiro atoms. The molecule has 1 aromatic carbocycles. The van der Waals surface area contributed by atoms with Gasteiger partial charge in [-0.25, -0.2) is 4.79 Å². The number of carbonyl (C=O) groups is 1. The quantitative estimate of drug-likeness (QED) is 0.862. The van der Waals surface area contributed by atoms with Crippen molar-refractivity contribution >= 4 is 6.03 Å². The Hall–Kier alpha value is -2.56. The van der Waals surface area contributed by atoms with Crippen LogP contribution in [0.25, 0.3) is 0 Å². The van der Waals surface area contributed by atoms with Crippen molar-refractivity contribution in [2.75, 3.05) is 19.7 Å². The molecule has 1 fully saturated rings. The van der Waals surface area contributed by atoms with Crippen molar-refractivity contribution in [3.63, 3.8) is 0 Å². The molecule has 3 rings (SSSR count). The van der Waals surface area contributed by atoms with Gasteiger partial charge in [0.05, 0.1) is 6.61 Å². The van der Waals surface area contributed by atoms with E-state index in [-0.39, 0.29) is 6.03 Å². The molecular weight excluding hydrogens is 326 g/mol. The Kier molecular flexibility index (Phi) is 6.47. The number of pyridine rings is 1. The van der Waals surface area contributed by atoms with Crippen LogP contribution in [0.1, 0.15) is 30.9 Å². The van der Waals surface area contributed by atoms with Crippen molar-refractivity contribution in [2.45, 2.75) is 32.7 Å². The number of benzene rings is 1. The molecule has 0 unspecified atom stereocenters. The molecule has 0 radical (unpaired) electrons. The molecule has 2 aromatic rings. The number of likely N-dealkylation sites (tertiary alicyclic amines) is 1. The zero-order valence-corrected chi connectivity index (χ0v) is 15.4. The number of hydrogen-bond donors (Lipinski definition) is 1. The molecule has 1 aliphatic rings. The van der Waals surface area contributed by atoms with Gasteiger partial charge in [-0.1, -0.05) is 24.3 Å². The summed E-state index contributed by atoms with van der Waals surface area (Å²) in [5, 5.41) is 3.03. The van der Waals surface area contributed by atoms with Gasteiger partial charge in [-0.15, -0.1) is 0 Å². The maximum absolute atomic E-state index is 12.5. The zero-order chi connectivity index (χ0) is 18.2. The van der Waals surface area contributed by atoms with Gasteiger partial charge >= 0.3 is 6.03 Å². The van der Waals surface area contributed by atoms with E-state index in [1.165, 1.54) is 5.56 Å². The molecule has 1 saturated heterocycles. The average Bonchev–Trinajstić information content (AvgIpc) is 2.69. The number of nitrogens with zero attached hydrogens (tertiary/aromatic N) is 2. The lowest BCUT2D eigenvalue weighted by molar-refractivity contribution is 0.170. The summed E-state index contributed by atoms with van der Waals surface area (Å²) in [5.41, 5.74) is 2.29. The third kappa shape index (κ3) is 4.97. The van der Waals surface area contributed by atoms with E-state index in [4.69, 9.17) is 4.74 Å². The summed E-state index contributed by atoms with van der Waals surface area (Å²) in [6.07, 6.45) is 6.87. The number of aromatic nitrogens is 1. The Morgan fingerprint density at radius 2 is 2.04 bits per heavy atom. The third-order valence-electron chi connectivity index (χ3n) is 4.85. The van der Waals surface area contributed by atoms with Gasteiger partial charge in [-0.2, -0.15) is 0 Å². The van der Waals surface area contributed by atoms with Crippen molar-refractivity contribution < 1.29 is 9.53 Å². The van der Waals surface area contributed by atoms with Gasteiger partial charge in [0.1, 0.15) is 5.75 Å². The van der Waals surface area contributed by atoms with Crippen LogP contribution < -0.4 is 10.1 Å². The number of rotatable bonds is 6. The fourth-order valence-corrected chi connectivity index (χ4v) is 3.42. The highest BCUT2D eigenvalue weighted by atomic mass is 16.5. The summed E-state index contributed by atoms with van der Waals surface area (Å²) in [4.78, 5) is 18.6. The van der Waals surface area contributed by atoms with Gasteiger partial charge < -0.3 is 15.0 Å². The predicted octanol–water partition coefficient (Wildman–Crippen LogP) is 3.64. The van der Waals surface area contributed by atoms with Crippen molar-refractivity contribution in [1.82, 2.24) is 15.2 Å². The number of ether oxygens (including phenoxy) is 1. The van der Waals surface area contributed by atoms with Gasteiger partial charge in [-0.05, 0) is 49.8 Å². The highest BCUT2D eigenvalue weighted by molar-refractivity contribution is 5.74. The monoisotopic (exact) mass is 353 g/mol. The molecule has 5 nitrogen and oxygen atoms in total. The van der Waals surface area contributed by atoms with E-state index >= 15 is 0 Å². The lowest BCUT2D eigenvalue weighted by atomic mass is 9.91. The molecule has 1 aliphatic heterocycles. The predicted molar refractivity (Wildman–Crippen MR) is 102 cm³/mol. The second-order valence-electron chi connectivity index (χ2n) is 6.70. The van der Waals surface area contributed by atoms with Gasteiger partial charge in [-0.3, -0.25) is 4.98 Å². The number of carbonyl (C=O) groups excluding carboxylic acids is 1. The molecule has 0 bridgehead atoms. The topological polar surface area (TPSA) is 54.5 Å². The summed E-state index contributed by atoms with van der Waals surface area (Å²) >= 11 is 0. The van der Waals surface area contributed by atoms with Crippen molar-refractivity contribution in [3.8, 4) is 5.75 Å². The molecule has 2 heterocycles. The minimum Gasteiger partial charge on any atom is -0.494 e. The van der Waals surface area contributed by atoms with E-state index < -0.39 is 0 Å². The largest absolute Gasteiger partial charge is 0.494 e. The highest BCUT2D eigenvalue weighted by Crippen LogP contribution is 2.22. The summed E-state index contributed by atoms with van der Waals surface area (Å²) in [7, 11) is 0. The van der Waals surface area contributed by atoms with Crippen LogP contribution in [-0.2, 0) is 13.0 Å². The number of para-hydroxylation sites is 1. The molecule has 0 atom stereocenters. The standard InChI is InChI=1S/C21H27N3O2/c1-2-26-20-8-4-3-7-19(20)16-23-21(25)24-12-9-17(10-13-24)14-18-6-5-11-22-15-18/h3-8,11,15,17H,2,9-10,12-14,16H2,1H3,(H,23,25). The first-order valence-corrected chi connectivity index (χ1v) is 9.38. The van der Waals surface area contributed by atoms with Crippen LogP contribution in [0.4, 0.5) is 4.79 Å². The van der Waals surface area contributed by atoms with Crippen LogP contribution in [0, 0.1) is 5.92 Å².